The standard InChI is InChI=1S/C18H14N4O4S4/c1-25-17(23)21-13-11(9-5-3-7-27-9)19-15(29-13)16-20-12(10-6-4-8-28-10)14(30-16)22-18(24)26-2/h3-8H,1-2H3,(H,21,23)(H,22,24). The molecule has 4 aromatic heterocycles. The highest BCUT2D eigenvalue weighted by molar-refractivity contribution is 7.26. The van der Waals surface area contributed by atoms with E-state index in [0.29, 0.717) is 31.4 Å². The maximum atomic E-state index is 11.8. The molecule has 2 N–H and O–H groups in total. The van der Waals surface area contributed by atoms with Gasteiger partial charge in [0.1, 0.15) is 21.4 Å². The molecule has 4 rings (SSSR count). The van der Waals surface area contributed by atoms with E-state index in [4.69, 9.17) is 19.4 Å². The van der Waals surface area contributed by atoms with Crippen molar-refractivity contribution in [2.75, 3.05) is 24.9 Å². The molecule has 2 amide bonds. The number of carbonyl (C=O) groups is 2. The number of hydrogen-bond acceptors (Lipinski definition) is 10. The van der Waals surface area contributed by atoms with Gasteiger partial charge in [-0.2, -0.15) is 0 Å². The molecule has 0 atom stereocenters. The van der Waals surface area contributed by atoms with Gasteiger partial charge in [-0.3, -0.25) is 10.6 Å². The summed E-state index contributed by atoms with van der Waals surface area (Å²) in [6, 6.07) is 7.68. The fourth-order valence-corrected chi connectivity index (χ4v) is 5.96. The van der Waals surface area contributed by atoms with E-state index in [-0.39, 0.29) is 0 Å². The minimum Gasteiger partial charge on any atom is -0.453 e. The second-order valence-electron chi connectivity index (χ2n) is 5.58. The van der Waals surface area contributed by atoms with Crippen LogP contribution in [0.5, 0.6) is 0 Å². The van der Waals surface area contributed by atoms with Crippen LogP contribution < -0.4 is 10.6 Å². The van der Waals surface area contributed by atoms with E-state index < -0.39 is 12.2 Å². The highest BCUT2D eigenvalue weighted by atomic mass is 32.1. The SMILES string of the molecule is COC(=O)Nc1sc(-c2nc(-c3cccs3)c(NC(=O)OC)s2)nc1-c1cccs1. The average molecular weight is 479 g/mol. The van der Waals surface area contributed by atoms with Crippen molar-refractivity contribution in [3.05, 3.63) is 35.0 Å². The van der Waals surface area contributed by atoms with E-state index in [0.717, 1.165) is 9.75 Å². The van der Waals surface area contributed by atoms with E-state index in [1.165, 1.54) is 59.6 Å². The smallest absolute Gasteiger partial charge is 0.412 e. The third kappa shape index (κ3) is 4.21. The molecule has 0 radical (unpaired) electrons. The molecule has 0 fully saturated rings. The molecule has 0 aliphatic carbocycles. The fraction of sp³-hybridized carbons (Fsp3) is 0.111. The van der Waals surface area contributed by atoms with Crippen molar-refractivity contribution in [3.63, 3.8) is 0 Å². The van der Waals surface area contributed by atoms with Crippen LogP contribution in [0.2, 0.25) is 0 Å². The molecule has 0 unspecified atom stereocenters. The first-order valence-corrected chi connectivity index (χ1v) is 11.8. The molecule has 0 aliphatic rings. The Morgan fingerprint density at radius 2 is 1.23 bits per heavy atom. The molecular formula is C18H14N4O4S4. The number of carbonyl (C=O) groups excluding carboxylic acids is 2. The molecule has 8 nitrogen and oxygen atoms in total. The Bertz CT molecular complexity index is 1070. The van der Waals surface area contributed by atoms with Gasteiger partial charge >= 0.3 is 12.2 Å². The Kier molecular flexibility index (Phi) is 6.08. The Morgan fingerprint density at radius 3 is 1.57 bits per heavy atom. The van der Waals surface area contributed by atoms with Crippen molar-refractivity contribution in [2.45, 2.75) is 0 Å². The van der Waals surface area contributed by atoms with Gasteiger partial charge in [0.2, 0.25) is 0 Å². The molecule has 30 heavy (non-hydrogen) atoms. The Labute approximate surface area is 187 Å². The summed E-state index contributed by atoms with van der Waals surface area (Å²) in [7, 11) is 2.61. The second kappa shape index (κ2) is 8.92. The van der Waals surface area contributed by atoms with Crippen LogP contribution in [0.25, 0.3) is 31.2 Å². The van der Waals surface area contributed by atoms with Gasteiger partial charge < -0.3 is 9.47 Å². The van der Waals surface area contributed by atoms with Crippen molar-refractivity contribution in [2.24, 2.45) is 0 Å². The fourth-order valence-electron chi connectivity index (χ4n) is 2.44. The molecule has 4 aromatic rings. The van der Waals surface area contributed by atoms with Crippen LogP contribution >= 0.6 is 45.3 Å². The molecule has 4 heterocycles. The van der Waals surface area contributed by atoms with E-state index in [2.05, 4.69) is 10.6 Å². The Morgan fingerprint density at radius 1 is 0.800 bits per heavy atom. The number of amides is 2. The van der Waals surface area contributed by atoms with Crippen LogP contribution in [0.3, 0.4) is 0 Å². The van der Waals surface area contributed by atoms with Gasteiger partial charge in [0, 0.05) is 0 Å². The van der Waals surface area contributed by atoms with Gasteiger partial charge in [-0.05, 0) is 22.9 Å². The van der Waals surface area contributed by atoms with Crippen LogP contribution in [-0.2, 0) is 9.47 Å². The highest BCUT2D eigenvalue weighted by Gasteiger charge is 2.23. The summed E-state index contributed by atoms with van der Waals surface area (Å²) in [5, 5.41) is 11.7. The van der Waals surface area contributed by atoms with E-state index in [1.807, 2.05) is 35.0 Å². The van der Waals surface area contributed by atoms with Crippen molar-refractivity contribution >= 4 is 67.5 Å². The van der Waals surface area contributed by atoms with Crippen LogP contribution in [-0.4, -0.2) is 36.4 Å². The van der Waals surface area contributed by atoms with E-state index >= 15 is 0 Å². The molecule has 12 heteroatoms. The summed E-state index contributed by atoms with van der Waals surface area (Å²) in [5.74, 6) is 0. The van der Waals surface area contributed by atoms with Gasteiger partial charge in [0.05, 0.1) is 24.0 Å². The molecule has 0 saturated heterocycles. The van der Waals surface area contributed by atoms with Crippen LogP contribution in [0, 0.1) is 0 Å². The van der Waals surface area contributed by atoms with Gasteiger partial charge in [-0.15, -0.1) is 22.7 Å². The number of thiophene rings is 2. The van der Waals surface area contributed by atoms with Gasteiger partial charge in [0.25, 0.3) is 0 Å². The lowest BCUT2D eigenvalue weighted by atomic mass is 10.3. The first-order valence-electron chi connectivity index (χ1n) is 8.38. The third-order valence-electron chi connectivity index (χ3n) is 3.75. The van der Waals surface area contributed by atoms with Crippen LogP contribution in [0.15, 0.2) is 35.0 Å². The zero-order chi connectivity index (χ0) is 21.1. The summed E-state index contributed by atoms with van der Waals surface area (Å²) in [4.78, 5) is 34.8. The zero-order valence-corrected chi connectivity index (χ0v) is 18.9. The van der Waals surface area contributed by atoms with Gasteiger partial charge in [0.15, 0.2) is 10.0 Å². The summed E-state index contributed by atoms with van der Waals surface area (Å²) in [5.41, 5.74) is 1.29. The lowest BCUT2D eigenvalue weighted by Gasteiger charge is -2.01. The lowest BCUT2D eigenvalue weighted by Crippen LogP contribution is -2.10. The molecule has 154 valence electrons. The molecule has 0 bridgehead atoms. The number of ether oxygens (including phenoxy) is 2. The highest BCUT2D eigenvalue weighted by Crippen LogP contribution is 2.44. The van der Waals surface area contributed by atoms with Crippen molar-refractivity contribution < 1.29 is 19.1 Å². The minimum atomic E-state index is -0.575. The zero-order valence-electron chi connectivity index (χ0n) is 15.6. The number of rotatable bonds is 5. The number of aromatic nitrogens is 2. The number of nitrogens with one attached hydrogen (secondary N) is 2. The lowest BCUT2D eigenvalue weighted by molar-refractivity contribution is 0.186. The predicted molar refractivity (Wildman–Crippen MR) is 122 cm³/mol. The Balaban J connectivity index is 1.78. The largest absolute Gasteiger partial charge is 0.453 e. The second-order valence-corrected chi connectivity index (χ2v) is 9.47. The first kappa shape index (κ1) is 20.5. The topological polar surface area (TPSA) is 102 Å². The Hall–Kier alpha value is -2.80. The minimum absolute atomic E-state index is 0.564. The number of anilines is 2. The molecule has 0 spiro atoms. The van der Waals surface area contributed by atoms with E-state index in [1.54, 1.807) is 0 Å². The third-order valence-corrected chi connectivity index (χ3v) is 7.59. The molecule has 0 aromatic carbocycles. The summed E-state index contributed by atoms with van der Waals surface area (Å²) in [6.45, 7) is 0. The number of thiazole rings is 2. The van der Waals surface area contributed by atoms with Gasteiger partial charge in [-0.25, -0.2) is 19.6 Å². The quantitative estimate of drug-likeness (QED) is 0.360. The van der Waals surface area contributed by atoms with Crippen LogP contribution in [0.1, 0.15) is 0 Å². The number of nitrogens with zero attached hydrogens (tertiary/aromatic N) is 2. The normalized spacial score (nSPS) is 10.6. The molecule has 0 saturated carbocycles. The maximum absolute atomic E-state index is 11.8. The van der Waals surface area contributed by atoms with E-state index in [9.17, 15) is 9.59 Å². The first-order chi connectivity index (χ1) is 14.6. The molecule has 0 aliphatic heterocycles. The summed E-state index contributed by atoms with van der Waals surface area (Å²) in [6.07, 6.45) is -1.15. The predicted octanol–water partition coefficient (Wildman–Crippen LogP) is 6.08. The van der Waals surface area contributed by atoms with Crippen molar-refractivity contribution in [1.82, 2.24) is 9.97 Å². The van der Waals surface area contributed by atoms with Crippen LogP contribution in [0.4, 0.5) is 19.6 Å². The van der Waals surface area contributed by atoms with Gasteiger partial charge in [-0.1, -0.05) is 34.8 Å². The van der Waals surface area contributed by atoms with Crippen molar-refractivity contribution in [3.8, 4) is 31.2 Å². The number of hydrogen-bond donors (Lipinski definition) is 2. The monoisotopic (exact) mass is 478 g/mol. The summed E-state index contributed by atoms with van der Waals surface area (Å²) < 4.78 is 9.46. The summed E-state index contributed by atoms with van der Waals surface area (Å²) >= 11 is 5.61. The maximum Gasteiger partial charge on any atom is 0.412 e. The van der Waals surface area contributed by atoms with Crippen molar-refractivity contribution in [1.29, 1.82) is 0 Å². The average Bonchev–Trinajstić information content (AvgIpc) is 3.53. The number of methoxy groups -OCH3 is 2. The molecular weight excluding hydrogens is 464 g/mol.